The molecule has 0 saturated carbocycles. The van der Waals surface area contributed by atoms with E-state index in [4.69, 9.17) is 11.5 Å². The molecule has 0 aromatic carbocycles. The zero-order valence-electron chi connectivity index (χ0n) is 16.3. The molecule has 10 nitrogen and oxygen atoms in total. The van der Waals surface area contributed by atoms with Gasteiger partial charge in [0.2, 0.25) is 11.9 Å². The molecule has 0 atom stereocenters. The minimum absolute atomic E-state index is 0.0131. The first kappa shape index (κ1) is 20.6. The summed E-state index contributed by atoms with van der Waals surface area (Å²) in [6.45, 7) is 8.78. The number of nitrogens with two attached hydrogens (primary N) is 2. The molecule has 0 unspecified atom stereocenters. The fourth-order valence-corrected chi connectivity index (χ4v) is 2.50. The molecule has 0 spiro atoms. The molecule has 2 rings (SSSR count). The normalized spacial score (nSPS) is 11.5. The summed E-state index contributed by atoms with van der Waals surface area (Å²) in [5, 5.41) is 3.26. The van der Waals surface area contributed by atoms with Crippen LogP contribution < -0.4 is 16.8 Å². The van der Waals surface area contributed by atoms with E-state index in [9.17, 15) is 9.59 Å². The van der Waals surface area contributed by atoms with Crippen molar-refractivity contribution in [2.75, 3.05) is 31.1 Å². The van der Waals surface area contributed by atoms with Crippen LogP contribution in [-0.4, -0.2) is 61.8 Å². The highest BCUT2D eigenvalue weighted by Gasteiger charge is 2.20. The van der Waals surface area contributed by atoms with E-state index in [1.807, 2.05) is 27.7 Å². The maximum absolute atomic E-state index is 12.8. The van der Waals surface area contributed by atoms with Crippen molar-refractivity contribution in [3.63, 3.8) is 0 Å². The minimum Gasteiger partial charge on any atom is -0.382 e. The number of hydrogen-bond acceptors (Lipinski definition) is 8. The van der Waals surface area contributed by atoms with E-state index in [0.717, 1.165) is 0 Å². The van der Waals surface area contributed by atoms with Gasteiger partial charge in [-0.3, -0.25) is 9.59 Å². The van der Waals surface area contributed by atoms with Crippen LogP contribution in [0.5, 0.6) is 0 Å². The first-order valence-electron chi connectivity index (χ1n) is 8.96. The molecule has 27 heavy (non-hydrogen) atoms. The largest absolute Gasteiger partial charge is 0.382 e. The highest BCUT2D eigenvalue weighted by atomic mass is 16.2. The van der Waals surface area contributed by atoms with Gasteiger partial charge < -0.3 is 26.3 Å². The SMILES string of the molecule is CC(C)NCCN(CC(=O)C(C)C)C(=O)Cn1cnc2c(N)nc(N)nc21. The standard InChI is InChI=1S/C17H28N8O2/c1-10(2)12(26)7-24(6-5-20-11(3)4)13(27)8-25-9-21-14-15(18)22-17(19)23-16(14)25/h9-11,20H,5-8H2,1-4H3,(H4,18,19,22,23). The Balaban J connectivity index is 2.17. The van der Waals surface area contributed by atoms with Crippen LogP contribution in [0.2, 0.25) is 0 Å². The van der Waals surface area contributed by atoms with Crippen LogP contribution in [0, 0.1) is 5.92 Å². The van der Waals surface area contributed by atoms with Crippen molar-refractivity contribution in [3.05, 3.63) is 6.33 Å². The molecule has 0 aliphatic heterocycles. The Kier molecular flexibility index (Phi) is 6.67. The first-order valence-corrected chi connectivity index (χ1v) is 8.96. The molecule has 0 fully saturated rings. The van der Waals surface area contributed by atoms with Crippen molar-refractivity contribution in [2.45, 2.75) is 40.3 Å². The van der Waals surface area contributed by atoms with Crippen LogP contribution in [0.25, 0.3) is 11.2 Å². The quantitative estimate of drug-likeness (QED) is 0.556. The van der Waals surface area contributed by atoms with Gasteiger partial charge >= 0.3 is 0 Å². The molecule has 2 aromatic rings. The third-order valence-electron chi connectivity index (χ3n) is 4.09. The number of carbonyl (C=O) groups excluding carboxylic acids is 2. The van der Waals surface area contributed by atoms with Crippen molar-refractivity contribution >= 4 is 34.6 Å². The predicted octanol–water partition coefficient (Wildman–Crippen LogP) is 0.0424. The summed E-state index contributed by atoms with van der Waals surface area (Å²) in [4.78, 5) is 38.7. The molecule has 0 bridgehead atoms. The lowest BCUT2D eigenvalue weighted by Crippen LogP contribution is -2.43. The predicted molar refractivity (Wildman–Crippen MR) is 104 cm³/mol. The molecule has 2 aromatic heterocycles. The van der Waals surface area contributed by atoms with Crippen LogP contribution in [0.4, 0.5) is 11.8 Å². The van der Waals surface area contributed by atoms with Gasteiger partial charge in [0.1, 0.15) is 12.1 Å². The van der Waals surface area contributed by atoms with Crippen molar-refractivity contribution < 1.29 is 9.59 Å². The Morgan fingerprint density at radius 2 is 1.93 bits per heavy atom. The van der Waals surface area contributed by atoms with Crippen LogP contribution >= 0.6 is 0 Å². The summed E-state index contributed by atoms with van der Waals surface area (Å²) in [7, 11) is 0. The molecule has 148 valence electrons. The van der Waals surface area contributed by atoms with E-state index in [2.05, 4.69) is 20.3 Å². The summed E-state index contributed by atoms with van der Waals surface area (Å²) < 4.78 is 1.56. The van der Waals surface area contributed by atoms with Gasteiger partial charge in [0.05, 0.1) is 12.9 Å². The number of aromatic nitrogens is 4. The number of hydrogen-bond donors (Lipinski definition) is 3. The Hall–Kier alpha value is -2.75. The second-order valence-electron chi connectivity index (χ2n) is 7.06. The topological polar surface area (TPSA) is 145 Å². The summed E-state index contributed by atoms with van der Waals surface area (Å²) >= 11 is 0. The summed E-state index contributed by atoms with van der Waals surface area (Å²) in [6.07, 6.45) is 1.47. The van der Waals surface area contributed by atoms with Crippen LogP contribution in [0.1, 0.15) is 27.7 Å². The summed E-state index contributed by atoms with van der Waals surface area (Å²) in [5.41, 5.74) is 12.2. The van der Waals surface area contributed by atoms with Gasteiger partial charge in [0.15, 0.2) is 17.2 Å². The second kappa shape index (κ2) is 8.76. The Morgan fingerprint density at radius 3 is 2.56 bits per heavy atom. The molecule has 2 heterocycles. The van der Waals surface area contributed by atoms with E-state index in [0.29, 0.717) is 30.3 Å². The van der Waals surface area contributed by atoms with Crippen molar-refractivity contribution in [1.29, 1.82) is 0 Å². The number of rotatable bonds is 9. The third-order valence-corrected chi connectivity index (χ3v) is 4.09. The highest BCUT2D eigenvalue weighted by Crippen LogP contribution is 2.17. The number of imidazole rings is 1. The zero-order chi connectivity index (χ0) is 20.1. The Morgan fingerprint density at radius 1 is 1.22 bits per heavy atom. The van der Waals surface area contributed by atoms with E-state index in [-0.39, 0.29) is 42.5 Å². The Labute approximate surface area is 158 Å². The number of ketones is 1. The minimum atomic E-state index is -0.204. The average Bonchev–Trinajstić information content (AvgIpc) is 2.96. The number of nitrogens with zero attached hydrogens (tertiary/aromatic N) is 5. The second-order valence-corrected chi connectivity index (χ2v) is 7.06. The monoisotopic (exact) mass is 376 g/mol. The molecular weight excluding hydrogens is 348 g/mol. The van der Waals surface area contributed by atoms with Gasteiger partial charge in [-0.1, -0.05) is 27.7 Å². The van der Waals surface area contributed by atoms with E-state index in [1.54, 1.807) is 9.47 Å². The first-order chi connectivity index (χ1) is 12.7. The molecular formula is C17H28N8O2. The lowest BCUT2D eigenvalue weighted by molar-refractivity contribution is -0.136. The van der Waals surface area contributed by atoms with Gasteiger partial charge in [-0.15, -0.1) is 0 Å². The zero-order valence-corrected chi connectivity index (χ0v) is 16.3. The number of nitrogen functional groups attached to an aromatic ring is 2. The van der Waals surface area contributed by atoms with Gasteiger partial charge in [-0.25, -0.2) is 4.98 Å². The number of fused-ring (bicyclic) bond motifs is 1. The van der Waals surface area contributed by atoms with Gasteiger partial charge in [-0.05, 0) is 0 Å². The maximum atomic E-state index is 12.8. The molecule has 0 aliphatic rings. The van der Waals surface area contributed by atoms with Crippen LogP contribution in [-0.2, 0) is 16.1 Å². The lowest BCUT2D eigenvalue weighted by Gasteiger charge is -2.24. The van der Waals surface area contributed by atoms with Gasteiger partial charge in [0.25, 0.3) is 0 Å². The number of nitrogens with one attached hydrogen (secondary N) is 1. The highest BCUT2D eigenvalue weighted by molar-refractivity contribution is 5.88. The smallest absolute Gasteiger partial charge is 0.243 e. The number of Topliss-reactive ketones (excluding diaryl/α,β-unsaturated/α-hetero) is 1. The molecule has 0 saturated heterocycles. The summed E-state index contributed by atoms with van der Waals surface area (Å²) in [5.74, 6) is -0.151. The fourth-order valence-electron chi connectivity index (χ4n) is 2.50. The van der Waals surface area contributed by atoms with Gasteiger partial charge in [-0.2, -0.15) is 9.97 Å². The number of anilines is 2. The average molecular weight is 376 g/mol. The Bertz CT molecular complexity index is 815. The lowest BCUT2D eigenvalue weighted by atomic mass is 10.1. The van der Waals surface area contributed by atoms with Crippen LogP contribution in [0.3, 0.4) is 0 Å². The van der Waals surface area contributed by atoms with Gasteiger partial charge in [0, 0.05) is 25.0 Å². The molecule has 5 N–H and O–H groups in total. The molecule has 1 amide bonds. The summed E-state index contributed by atoms with van der Waals surface area (Å²) in [6, 6.07) is 0.294. The van der Waals surface area contributed by atoms with Crippen molar-refractivity contribution in [1.82, 2.24) is 29.7 Å². The van der Waals surface area contributed by atoms with Crippen LogP contribution in [0.15, 0.2) is 6.33 Å². The molecule has 10 heteroatoms. The van der Waals surface area contributed by atoms with E-state index >= 15 is 0 Å². The number of amides is 1. The number of carbonyl (C=O) groups is 2. The van der Waals surface area contributed by atoms with Crippen molar-refractivity contribution in [3.8, 4) is 0 Å². The molecule has 0 aliphatic carbocycles. The fraction of sp³-hybridized carbons (Fsp3) is 0.588. The van der Waals surface area contributed by atoms with E-state index < -0.39 is 0 Å². The maximum Gasteiger partial charge on any atom is 0.243 e. The van der Waals surface area contributed by atoms with E-state index in [1.165, 1.54) is 6.33 Å². The molecule has 0 radical (unpaired) electrons. The van der Waals surface area contributed by atoms with Crippen molar-refractivity contribution in [2.24, 2.45) is 5.92 Å². The third kappa shape index (κ3) is 5.36.